The molecule has 3 heteroatoms. The van der Waals surface area contributed by atoms with Crippen molar-refractivity contribution in [3.05, 3.63) is 47.2 Å². The summed E-state index contributed by atoms with van der Waals surface area (Å²) in [6.07, 6.45) is 2.37. The molecule has 0 unspecified atom stereocenters. The van der Waals surface area contributed by atoms with Crippen LogP contribution in [0.2, 0.25) is 0 Å². The molecule has 0 bridgehead atoms. The first-order valence-corrected chi connectivity index (χ1v) is 4.50. The lowest BCUT2D eigenvalue weighted by Crippen LogP contribution is -1.93. The molecule has 14 heavy (non-hydrogen) atoms. The fourth-order valence-corrected chi connectivity index (χ4v) is 1.32. The molecule has 0 radical (unpaired) electrons. The molecule has 1 aromatic heterocycles. The van der Waals surface area contributed by atoms with Crippen molar-refractivity contribution < 1.29 is 4.52 Å². The molecule has 0 saturated heterocycles. The van der Waals surface area contributed by atoms with E-state index in [0.717, 1.165) is 12.0 Å². The number of anilines is 1. The topological polar surface area (TPSA) is 52.0 Å². The number of hydrogen-bond donors (Lipinski definition) is 1. The smallest absolute Gasteiger partial charge is 0.170 e. The Bertz CT molecular complexity index is 417. The molecule has 0 fully saturated rings. The normalized spacial score (nSPS) is 10.4. The van der Waals surface area contributed by atoms with Crippen molar-refractivity contribution in [3.8, 4) is 0 Å². The highest BCUT2D eigenvalue weighted by Crippen LogP contribution is 2.14. The van der Waals surface area contributed by atoms with Crippen molar-refractivity contribution in [1.82, 2.24) is 5.16 Å². The largest absolute Gasteiger partial charge is 0.381 e. The fourth-order valence-electron chi connectivity index (χ4n) is 1.32. The minimum Gasteiger partial charge on any atom is -0.381 e. The van der Waals surface area contributed by atoms with E-state index in [-0.39, 0.29) is 0 Å². The van der Waals surface area contributed by atoms with Crippen LogP contribution in [0.4, 0.5) is 5.82 Å². The number of benzene rings is 1. The minimum atomic E-state index is 0.477. The van der Waals surface area contributed by atoms with Gasteiger partial charge in [0, 0.05) is 12.0 Å². The number of aryl methyl sites for hydroxylation is 1. The third kappa shape index (κ3) is 1.76. The molecule has 0 spiro atoms. The van der Waals surface area contributed by atoms with Gasteiger partial charge in [-0.1, -0.05) is 35.0 Å². The van der Waals surface area contributed by atoms with E-state index in [1.54, 1.807) is 6.26 Å². The van der Waals surface area contributed by atoms with Crippen molar-refractivity contribution >= 4 is 5.82 Å². The molecule has 72 valence electrons. The van der Waals surface area contributed by atoms with E-state index < -0.39 is 0 Å². The average molecular weight is 188 g/mol. The zero-order valence-corrected chi connectivity index (χ0v) is 8.03. The van der Waals surface area contributed by atoms with Crippen LogP contribution in [0.1, 0.15) is 16.7 Å². The number of aromatic nitrogens is 1. The molecular weight excluding hydrogens is 176 g/mol. The van der Waals surface area contributed by atoms with Crippen molar-refractivity contribution in [2.45, 2.75) is 13.3 Å². The summed E-state index contributed by atoms with van der Waals surface area (Å²) in [7, 11) is 0. The van der Waals surface area contributed by atoms with Gasteiger partial charge in [0.1, 0.15) is 6.26 Å². The summed E-state index contributed by atoms with van der Waals surface area (Å²) in [4.78, 5) is 0. The van der Waals surface area contributed by atoms with Crippen LogP contribution in [0.3, 0.4) is 0 Å². The molecule has 0 saturated carbocycles. The highest BCUT2D eigenvalue weighted by atomic mass is 16.5. The lowest BCUT2D eigenvalue weighted by Gasteiger charge is -1.99. The first-order valence-electron chi connectivity index (χ1n) is 4.50. The molecule has 0 amide bonds. The Morgan fingerprint density at radius 1 is 1.29 bits per heavy atom. The lowest BCUT2D eigenvalue weighted by molar-refractivity contribution is 0.422. The summed E-state index contributed by atoms with van der Waals surface area (Å²) >= 11 is 0. The van der Waals surface area contributed by atoms with Crippen molar-refractivity contribution in [3.63, 3.8) is 0 Å². The Labute approximate surface area is 82.5 Å². The Morgan fingerprint density at radius 3 is 2.57 bits per heavy atom. The van der Waals surface area contributed by atoms with Gasteiger partial charge in [0.2, 0.25) is 0 Å². The van der Waals surface area contributed by atoms with Crippen LogP contribution in [0.5, 0.6) is 0 Å². The quantitative estimate of drug-likeness (QED) is 0.785. The number of hydrogen-bond acceptors (Lipinski definition) is 3. The fraction of sp³-hybridized carbons (Fsp3) is 0.182. The molecule has 0 aliphatic heterocycles. The third-order valence-corrected chi connectivity index (χ3v) is 2.19. The summed E-state index contributed by atoms with van der Waals surface area (Å²) in [6.45, 7) is 2.07. The Balaban J connectivity index is 2.19. The van der Waals surface area contributed by atoms with E-state index in [4.69, 9.17) is 10.3 Å². The monoisotopic (exact) mass is 188 g/mol. The number of nitrogen functional groups attached to an aromatic ring is 1. The molecule has 2 N–H and O–H groups in total. The first kappa shape index (κ1) is 8.81. The zero-order valence-electron chi connectivity index (χ0n) is 8.03. The van der Waals surface area contributed by atoms with Gasteiger partial charge in [0.25, 0.3) is 0 Å². The van der Waals surface area contributed by atoms with E-state index in [9.17, 15) is 0 Å². The van der Waals surface area contributed by atoms with Crippen LogP contribution in [-0.4, -0.2) is 5.16 Å². The summed E-state index contributed by atoms with van der Waals surface area (Å²) in [5.41, 5.74) is 9.02. The SMILES string of the molecule is Cc1ccc(Cc2conc2N)cc1. The predicted octanol–water partition coefficient (Wildman–Crippen LogP) is 2.16. The van der Waals surface area contributed by atoms with Crippen LogP contribution in [0, 0.1) is 6.92 Å². The maximum atomic E-state index is 5.61. The zero-order chi connectivity index (χ0) is 9.97. The highest BCUT2D eigenvalue weighted by molar-refractivity contribution is 5.39. The molecule has 0 aliphatic carbocycles. The standard InChI is InChI=1S/C11H12N2O/c1-8-2-4-9(5-3-8)6-10-7-14-13-11(10)12/h2-5,7H,6H2,1H3,(H2,12,13). The number of nitrogens with zero attached hydrogens (tertiary/aromatic N) is 1. The molecular formula is C11H12N2O. The molecule has 2 aromatic rings. The molecule has 0 aliphatic rings. The highest BCUT2D eigenvalue weighted by Gasteiger charge is 2.04. The maximum Gasteiger partial charge on any atom is 0.170 e. The van der Waals surface area contributed by atoms with Gasteiger partial charge in [-0.25, -0.2) is 0 Å². The van der Waals surface area contributed by atoms with Crippen molar-refractivity contribution in [2.24, 2.45) is 0 Å². The average Bonchev–Trinajstić information content (AvgIpc) is 2.56. The van der Waals surface area contributed by atoms with Crippen molar-refractivity contribution in [2.75, 3.05) is 5.73 Å². The Kier molecular flexibility index (Phi) is 2.23. The lowest BCUT2D eigenvalue weighted by atomic mass is 10.1. The van der Waals surface area contributed by atoms with E-state index in [2.05, 4.69) is 36.3 Å². The summed E-state index contributed by atoms with van der Waals surface area (Å²) < 4.78 is 4.77. The Morgan fingerprint density at radius 2 is 2.00 bits per heavy atom. The van der Waals surface area contributed by atoms with E-state index in [1.807, 2.05) is 0 Å². The van der Waals surface area contributed by atoms with Gasteiger partial charge in [-0.05, 0) is 12.5 Å². The van der Waals surface area contributed by atoms with E-state index >= 15 is 0 Å². The van der Waals surface area contributed by atoms with Gasteiger partial charge in [0.05, 0.1) is 0 Å². The molecule has 3 nitrogen and oxygen atoms in total. The van der Waals surface area contributed by atoms with Crippen molar-refractivity contribution in [1.29, 1.82) is 0 Å². The van der Waals surface area contributed by atoms with Crippen LogP contribution < -0.4 is 5.73 Å². The summed E-state index contributed by atoms with van der Waals surface area (Å²) in [5, 5.41) is 3.63. The second kappa shape index (κ2) is 3.54. The van der Waals surface area contributed by atoms with Crippen LogP contribution >= 0.6 is 0 Å². The van der Waals surface area contributed by atoms with E-state index in [1.165, 1.54) is 11.1 Å². The summed E-state index contributed by atoms with van der Waals surface area (Å²) in [5.74, 6) is 0.477. The first-order chi connectivity index (χ1) is 6.75. The van der Waals surface area contributed by atoms with Crippen LogP contribution in [-0.2, 0) is 6.42 Å². The molecule has 1 aromatic carbocycles. The van der Waals surface area contributed by atoms with Gasteiger partial charge < -0.3 is 10.3 Å². The van der Waals surface area contributed by atoms with Gasteiger partial charge in [-0.15, -0.1) is 0 Å². The number of rotatable bonds is 2. The molecule has 2 rings (SSSR count). The Hall–Kier alpha value is -1.77. The molecule has 0 atom stereocenters. The second-order valence-corrected chi connectivity index (χ2v) is 3.39. The van der Waals surface area contributed by atoms with Gasteiger partial charge in [-0.2, -0.15) is 0 Å². The van der Waals surface area contributed by atoms with Crippen LogP contribution in [0.25, 0.3) is 0 Å². The molecule has 1 heterocycles. The summed E-state index contributed by atoms with van der Waals surface area (Å²) in [6, 6.07) is 8.33. The van der Waals surface area contributed by atoms with E-state index in [0.29, 0.717) is 5.82 Å². The third-order valence-electron chi connectivity index (χ3n) is 2.19. The van der Waals surface area contributed by atoms with Gasteiger partial charge in [-0.3, -0.25) is 0 Å². The van der Waals surface area contributed by atoms with Crippen LogP contribution in [0.15, 0.2) is 35.1 Å². The maximum absolute atomic E-state index is 5.61. The van der Waals surface area contributed by atoms with Gasteiger partial charge >= 0.3 is 0 Å². The van der Waals surface area contributed by atoms with Gasteiger partial charge in [0.15, 0.2) is 5.82 Å². The number of nitrogens with two attached hydrogens (primary N) is 1. The predicted molar refractivity (Wildman–Crippen MR) is 54.9 cm³/mol. The minimum absolute atomic E-state index is 0.477. The second-order valence-electron chi connectivity index (χ2n) is 3.39.